The zero-order chi connectivity index (χ0) is 15.0. The normalized spacial score (nSPS) is 22.2. The molecule has 7 heteroatoms. The smallest absolute Gasteiger partial charge is 0.342 e. The van der Waals surface area contributed by atoms with E-state index >= 15 is 0 Å². The first-order valence-electron chi connectivity index (χ1n) is 6.20. The molecule has 1 N–H and O–H groups in total. The molecule has 1 atom stereocenters. The first kappa shape index (κ1) is 14.8. The summed E-state index contributed by atoms with van der Waals surface area (Å²) < 4.78 is 45.3. The summed E-state index contributed by atoms with van der Waals surface area (Å²) in [5.74, 6) is -1.12. The first-order valence-corrected chi connectivity index (χ1v) is 6.20. The van der Waals surface area contributed by atoms with E-state index in [2.05, 4.69) is 0 Å². The molecule has 1 aliphatic rings. The van der Waals surface area contributed by atoms with Crippen LogP contribution < -0.4 is 0 Å². The number of hydroxylamine groups is 2. The van der Waals surface area contributed by atoms with Gasteiger partial charge in [-0.25, -0.2) is 0 Å². The Labute approximate surface area is 113 Å². The van der Waals surface area contributed by atoms with Gasteiger partial charge in [0.05, 0.1) is 12.2 Å². The van der Waals surface area contributed by atoms with Gasteiger partial charge in [-0.05, 0) is 12.5 Å². The number of alkyl halides is 3. The van der Waals surface area contributed by atoms with Crippen LogP contribution >= 0.6 is 0 Å². The standard InChI is InChI=1S/C13H14F3NO3/c1-2-3-8-20-12(13(14,15)16)10-7-5-4-6-9(10)11(18)17(12)19/h4-7,19H,2-3,8H2,1H3. The predicted octanol–water partition coefficient (Wildman–Crippen LogP) is 3.06. The van der Waals surface area contributed by atoms with E-state index in [1.807, 2.05) is 0 Å². The third-order valence-corrected chi connectivity index (χ3v) is 3.21. The Morgan fingerprint density at radius 2 is 2.00 bits per heavy atom. The second kappa shape index (κ2) is 5.06. The van der Waals surface area contributed by atoms with Gasteiger partial charge in [-0.15, -0.1) is 0 Å². The summed E-state index contributed by atoms with van der Waals surface area (Å²) in [6, 6.07) is 5.18. The molecule has 1 unspecified atom stereocenters. The SMILES string of the molecule is CCCCOC1(C(F)(F)F)c2ccccc2C(=O)N1O. The van der Waals surface area contributed by atoms with Crippen molar-refractivity contribution in [1.82, 2.24) is 5.06 Å². The summed E-state index contributed by atoms with van der Waals surface area (Å²) in [6.45, 7) is 1.59. The van der Waals surface area contributed by atoms with E-state index in [0.29, 0.717) is 12.8 Å². The fourth-order valence-electron chi connectivity index (χ4n) is 2.19. The van der Waals surface area contributed by atoms with Crippen molar-refractivity contribution in [2.75, 3.05) is 6.61 Å². The summed E-state index contributed by atoms with van der Waals surface area (Å²) in [5.41, 5.74) is -3.70. The molecule has 20 heavy (non-hydrogen) atoms. The zero-order valence-corrected chi connectivity index (χ0v) is 10.8. The molecular weight excluding hydrogens is 275 g/mol. The minimum atomic E-state index is -4.95. The highest BCUT2D eigenvalue weighted by atomic mass is 19.4. The average molecular weight is 289 g/mol. The van der Waals surface area contributed by atoms with Crippen molar-refractivity contribution in [3.63, 3.8) is 0 Å². The molecule has 0 aromatic heterocycles. The van der Waals surface area contributed by atoms with Crippen molar-refractivity contribution in [3.05, 3.63) is 35.4 Å². The Balaban J connectivity index is 2.54. The molecule has 1 aromatic rings. The van der Waals surface area contributed by atoms with Gasteiger partial charge < -0.3 is 4.74 Å². The number of ether oxygens (including phenoxy) is 1. The number of carbonyl (C=O) groups is 1. The molecule has 0 saturated carbocycles. The lowest BCUT2D eigenvalue weighted by atomic mass is 10.0. The monoisotopic (exact) mass is 289 g/mol. The van der Waals surface area contributed by atoms with Crippen molar-refractivity contribution in [3.8, 4) is 0 Å². The highest BCUT2D eigenvalue weighted by Gasteiger charge is 2.68. The molecule has 1 aliphatic heterocycles. The van der Waals surface area contributed by atoms with Crippen molar-refractivity contribution in [2.24, 2.45) is 0 Å². The predicted molar refractivity (Wildman–Crippen MR) is 63.0 cm³/mol. The molecule has 1 aromatic carbocycles. The fraction of sp³-hybridized carbons (Fsp3) is 0.462. The van der Waals surface area contributed by atoms with Crippen molar-refractivity contribution >= 4 is 5.91 Å². The van der Waals surface area contributed by atoms with E-state index in [1.165, 1.54) is 18.2 Å². The lowest BCUT2D eigenvalue weighted by Gasteiger charge is -2.36. The van der Waals surface area contributed by atoms with E-state index in [-0.39, 0.29) is 22.8 Å². The molecule has 2 rings (SSSR count). The van der Waals surface area contributed by atoms with Crippen LogP contribution in [0.2, 0.25) is 0 Å². The molecular formula is C13H14F3NO3. The quantitative estimate of drug-likeness (QED) is 0.684. The van der Waals surface area contributed by atoms with E-state index in [0.717, 1.165) is 6.07 Å². The Bertz CT molecular complexity index is 518. The minimum absolute atomic E-state index is 0.205. The van der Waals surface area contributed by atoms with Gasteiger partial charge in [0.25, 0.3) is 11.6 Å². The van der Waals surface area contributed by atoms with Crippen molar-refractivity contribution < 1.29 is 27.9 Å². The summed E-state index contributed by atoms with van der Waals surface area (Å²) in [7, 11) is 0. The molecule has 0 radical (unpaired) electrons. The molecule has 0 fully saturated rings. The molecule has 0 spiro atoms. The molecule has 4 nitrogen and oxygen atoms in total. The third-order valence-electron chi connectivity index (χ3n) is 3.21. The van der Waals surface area contributed by atoms with E-state index in [1.54, 1.807) is 6.92 Å². The third kappa shape index (κ3) is 1.97. The van der Waals surface area contributed by atoms with Crippen LogP contribution in [0.5, 0.6) is 0 Å². The zero-order valence-electron chi connectivity index (χ0n) is 10.8. The second-order valence-corrected chi connectivity index (χ2v) is 4.51. The summed E-state index contributed by atoms with van der Waals surface area (Å²) >= 11 is 0. The van der Waals surface area contributed by atoms with Gasteiger partial charge in [-0.3, -0.25) is 10.0 Å². The lowest BCUT2D eigenvalue weighted by molar-refractivity contribution is -0.377. The molecule has 0 bridgehead atoms. The number of hydrogen-bond donors (Lipinski definition) is 1. The number of amides is 1. The van der Waals surface area contributed by atoms with Crippen LogP contribution in [-0.4, -0.2) is 29.0 Å². The average Bonchev–Trinajstić information content (AvgIpc) is 2.62. The number of hydrogen-bond acceptors (Lipinski definition) is 3. The number of benzene rings is 1. The van der Waals surface area contributed by atoms with Gasteiger partial charge in [-0.1, -0.05) is 31.5 Å². The Kier molecular flexibility index (Phi) is 3.75. The van der Waals surface area contributed by atoms with E-state index in [9.17, 15) is 23.2 Å². The highest BCUT2D eigenvalue weighted by Crippen LogP contribution is 2.49. The summed E-state index contributed by atoms with van der Waals surface area (Å²) in [4.78, 5) is 11.8. The Morgan fingerprint density at radius 3 is 2.60 bits per heavy atom. The molecule has 0 aliphatic carbocycles. The molecule has 0 saturated heterocycles. The summed E-state index contributed by atoms with van der Waals surface area (Å²) in [5, 5.41) is 9.35. The largest absolute Gasteiger partial charge is 0.443 e. The van der Waals surface area contributed by atoms with Crippen LogP contribution in [0.25, 0.3) is 0 Å². The number of rotatable bonds is 4. The van der Waals surface area contributed by atoms with Crippen LogP contribution in [0.4, 0.5) is 13.2 Å². The van der Waals surface area contributed by atoms with E-state index in [4.69, 9.17) is 4.74 Å². The van der Waals surface area contributed by atoms with E-state index < -0.39 is 17.8 Å². The summed E-state index contributed by atoms with van der Waals surface area (Å²) in [6.07, 6.45) is -3.92. The van der Waals surface area contributed by atoms with Gasteiger partial charge in [0.1, 0.15) is 0 Å². The number of unbranched alkanes of at least 4 members (excludes halogenated alkanes) is 1. The van der Waals surface area contributed by atoms with Gasteiger partial charge in [-0.2, -0.15) is 18.2 Å². The van der Waals surface area contributed by atoms with Crippen LogP contribution in [0.1, 0.15) is 35.7 Å². The topological polar surface area (TPSA) is 49.8 Å². The van der Waals surface area contributed by atoms with Crippen LogP contribution in [0, 0.1) is 0 Å². The highest BCUT2D eigenvalue weighted by molar-refractivity contribution is 5.99. The molecule has 1 heterocycles. The van der Waals surface area contributed by atoms with Crippen molar-refractivity contribution in [1.29, 1.82) is 0 Å². The second-order valence-electron chi connectivity index (χ2n) is 4.51. The minimum Gasteiger partial charge on any atom is -0.342 e. The van der Waals surface area contributed by atoms with Gasteiger partial charge in [0.2, 0.25) is 0 Å². The fourth-order valence-corrected chi connectivity index (χ4v) is 2.19. The number of nitrogens with zero attached hydrogens (tertiary/aromatic N) is 1. The maximum atomic E-state index is 13.5. The first-order chi connectivity index (χ1) is 9.36. The molecule has 1 amide bonds. The maximum absolute atomic E-state index is 13.5. The van der Waals surface area contributed by atoms with Gasteiger partial charge >= 0.3 is 6.18 Å². The van der Waals surface area contributed by atoms with Crippen molar-refractivity contribution in [2.45, 2.75) is 31.7 Å². The van der Waals surface area contributed by atoms with Gasteiger partial charge in [0, 0.05) is 5.56 Å². The maximum Gasteiger partial charge on any atom is 0.443 e. The van der Waals surface area contributed by atoms with Crippen LogP contribution in [0.3, 0.4) is 0 Å². The Hall–Kier alpha value is -1.60. The molecule has 110 valence electrons. The van der Waals surface area contributed by atoms with Crippen LogP contribution in [-0.2, 0) is 10.5 Å². The van der Waals surface area contributed by atoms with Crippen LogP contribution in [0.15, 0.2) is 24.3 Å². The number of carbonyl (C=O) groups excluding carboxylic acids is 1. The lowest BCUT2D eigenvalue weighted by Crippen LogP contribution is -2.54. The number of halogens is 3. The Morgan fingerprint density at radius 1 is 1.35 bits per heavy atom. The van der Waals surface area contributed by atoms with Gasteiger partial charge in [0.15, 0.2) is 0 Å². The number of fused-ring (bicyclic) bond motifs is 1.